The van der Waals surface area contributed by atoms with Crippen LogP contribution >= 0.6 is 0 Å². The predicted octanol–water partition coefficient (Wildman–Crippen LogP) is 1.57. The van der Waals surface area contributed by atoms with Crippen molar-refractivity contribution >= 4 is 5.97 Å². The number of nitrogens with one attached hydrogen (secondary N) is 1. The molecule has 92 valence electrons. The van der Waals surface area contributed by atoms with Crippen molar-refractivity contribution in [2.75, 3.05) is 0 Å². The molecule has 2 aromatic rings. The lowest BCUT2D eigenvalue weighted by molar-refractivity contribution is 0.0696. The number of ether oxygens (including phenoxy) is 1. The summed E-state index contributed by atoms with van der Waals surface area (Å²) in [6.45, 7) is 1.65. The number of nitrogens with zero attached hydrogens (tertiary/aromatic N) is 1. The molecular weight excluding hydrogens is 236 g/mol. The van der Waals surface area contributed by atoms with Crippen LogP contribution < -0.4 is 10.3 Å². The van der Waals surface area contributed by atoms with E-state index < -0.39 is 11.5 Å². The average molecular weight is 246 g/mol. The van der Waals surface area contributed by atoms with E-state index in [4.69, 9.17) is 9.84 Å². The fraction of sp³-hybridized carbons (Fsp3) is 0.0833. The Kier molecular flexibility index (Phi) is 3.09. The summed E-state index contributed by atoms with van der Waals surface area (Å²) in [6.07, 6.45) is 2.79. The number of carbonyl (C=O) groups is 1. The molecule has 0 aliphatic heterocycles. The summed E-state index contributed by atoms with van der Waals surface area (Å²) in [4.78, 5) is 28.4. The molecule has 0 amide bonds. The molecule has 6 heteroatoms. The van der Waals surface area contributed by atoms with E-state index in [1.165, 1.54) is 30.6 Å². The number of H-pyrrole nitrogens is 1. The number of aromatic carboxylic acids is 1. The maximum Gasteiger partial charge on any atom is 0.335 e. The maximum atomic E-state index is 11.3. The Hall–Kier alpha value is -2.63. The number of aromatic nitrogens is 2. The number of hydrogen-bond acceptors (Lipinski definition) is 4. The first kappa shape index (κ1) is 11.8. The first-order valence-corrected chi connectivity index (χ1v) is 5.13. The lowest BCUT2D eigenvalue weighted by atomic mass is 10.1. The van der Waals surface area contributed by atoms with Crippen molar-refractivity contribution < 1.29 is 14.6 Å². The summed E-state index contributed by atoms with van der Waals surface area (Å²) in [5, 5.41) is 8.88. The highest BCUT2D eigenvalue weighted by Crippen LogP contribution is 2.20. The van der Waals surface area contributed by atoms with E-state index in [0.717, 1.165) is 0 Å². The zero-order valence-corrected chi connectivity index (χ0v) is 9.51. The molecule has 1 heterocycles. The predicted molar refractivity (Wildman–Crippen MR) is 63.1 cm³/mol. The van der Waals surface area contributed by atoms with E-state index in [9.17, 15) is 9.59 Å². The van der Waals surface area contributed by atoms with E-state index in [0.29, 0.717) is 11.3 Å². The Bertz CT molecular complexity index is 649. The summed E-state index contributed by atoms with van der Waals surface area (Å²) < 4.78 is 5.28. The monoisotopic (exact) mass is 246 g/mol. The van der Waals surface area contributed by atoms with Gasteiger partial charge in [0, 0.05) is 12.4 Å². The van der Waals surface area contributed by atoms with E-state index in [2.05, 4.69) is 9.97 Å². The minimum Gasteiger partial charge on any atom is -0.478 e. The van der Waals surface area contributed by atoms with Crippen molar-refractivity contribution in [3.63, 3.8) is 0 Å². The molecule has 1 aromatic carbocycles. The van der Waals surface area contributed by atoms with Crippen LogP contribution in [0.1, 0.15) is 15.9 Å². The molecular formula is C12H10N2O4. The molecule has 0 radical (unpaired) electrons. The lowest BCUT2D eigenvalue weighted by Gasteiger charge is -2.06. The molecule has 0 bridgehead atoms. The molecule has 2 N–H and O–H groups in total. The number of rotatable bonds is 3. The van der Waals surface area contributed by atoms with Gasteiger partial charge in [-0.2, -0.15) is 0 Å². The van der Waals surface area contributed by atoms with Gasteiger partial charge < -0.3 is 14.8 Å². The lowest BCUT2D eigenvalue weighted by Crippen LogP contribution is -2.09. The normalized spacial score (nSPS) is 10.1. The van der Waals surface area contributed by atoms with Crippen LogP contribution in [0.4, 0.5) is 0 Å². The average Bonchev–Trinajstić information content (AvgIpc) is 2.32. The van der Waals surface area contributed by atoms with Crippen LogP contribution in [0.2, 0.25) is 0 Å². The molecule has 0 spiro atoms. The first-order chi connectivity index (χ1) is 8.58. The Morgan fingerprint density at radius 1 is 1.44 bits per heavy atom. The van der Waals surface area contributed by atoms with Crippen molar-refractivity contribution in [1.29, 1.82) is 0 Å². The van der Waals surface area contributed by atoms with Crippen molar-refractivity contribution in [1.82, 2.24) is 9.97 Å². The molecule has 2 rings (SSSR count). The first-order valence-electron chi connectivity index (χ1n) is 5.13. The Morgan fingerprint density at radius 3 is 2.83 bits per heavy atom. The number of benzene rings is 1. The summed E-state index contributed by atoms with van der Waals surface area (Å²) >= 11 is 0. The Morgan fingerprint density at radius 2 is 2.22 bits per heavy atom. The van der Waals surface area contributed by atoms with Gasteiger partial charge in [-0.05, 0) is 30.7 Å². The highest BCUT2D eigenvalue weighted by molar-refractivity contribution is 5.89. The molecule has 0 unspecified atom stereocenters. The highest BCUT2D eigenvalue weighted by atomic mass is 16.5. The second-order valence-corrected chi connectivity index (χ2v) is 3.61. The third kappa shape index (κ3) is 2.37. The molecule has 0 saturated heterocycles. The van der Waals surface area contributed by atoms with Crippen LogP contribution in [0.3, 0.4) is 0 Å². The van der Waals surface area contributed by atoms with E-state index in [-0.39, 0.29) is 11.4 Å². The smallest absolute Gasteiger partial charge is 0.335 e. The molecule has 0 aliphatic rings. The second kappa shape index (κ2) is 4.70. The maximum absolute atomic E-state index is 11.3. The minimum atomic E-state index is -1.00. The SMILES string of the molecule is Cc1cc(Oc2ncc[nH]c2=O)ccc1C(=O)O. The van der Waals surface area contributed by atoms with Crippen molar-refractivity contribution in [3.8, 4) is 11.6 Å². The fourth-order valence-corrected chi connectivity index (χ4v) is 1.46. The molecule has 0 atom stereocenters. The third-order valence-electron chi connectivity index (χ3n) is 2.32. The van der Waals surface area contributed by atoms with Gasteiger partial charge in [-0.25, -0.2) is 9.78 Å². The van der Waals surface area contributed by atoms with Crippen LogP contribution in [0.15, 0.2) is 35.4 Å². The molecule has 0 fully saturated rings. The number of hydrogen-bond donors (Lipinski definition) is 2. The van der Waals surface area contributed by atoms with E-state index >= 15 is 0 Å². The van der Waals surface area contributed by atoms with Gasteiger partial charge in [0.05, 0.1) is 5.56 Å². The molecule has 18 heavy (non-hydrogen) atoms. The quantitative estimate of drug-likeness (QED) is 0.857. The van der Waals surface area contributed by atoms with E-state index in [1.807, 2.05) is 0 Å². The van der Waals surface area contributed by atoms with Crippen LogP contribution in [0.5, 0.6) is 11.6 Å². The van der Waals surface area contributed by atoms with Crippen LogP contribution in [-0.4, -0.2) is 21.0 Å². The molecule has 6 nitrogen and oxygen atoms in total. The number of carboxylic acid groups (broad SMARTS) is 1. The van der Waals surface area contributed by atoms with Crippen molar-refractivity contribution in [2.45, 2.75) is 6.92 Å². The Labute approximate surface area is 102 Å². The summed E-state index contributed by atoms with van der Waals surface area (Å²) in [5.74, 6) is -0.726. The summed E-state index contributed by atoms with van der Waals surface area (Å²) in [5.41, 5.74) is 0.294. The zero-order valence-electron chi connectivity index (χ0n) is 9.51. The van der Waals surface area contributed by atoms with Crippen LogP contribution in [-0.2, 0) is 0 Å². The number of aryl methyl sites for hydroxylation is 1. The zero-order chi connectivity index (χ0) is 13.1. The summed E-state index contributed by atoms with van der Waals surface area (Å²) in [7, 11) is 0. The van der Waals surface area contributed by atoms with Gasteiger partial charge in [-0.1, -0.05) is 0 Å². The molecule has 0 aliphatic carbocycles. The van der Waals surface area contributed by atoms with E-state index in [1.54, 1.807) is 6.92 Å². The third-order valence-corrected chi connectivity index (χ3v) is 2.32. The standard InChI is InChI=1S/C12H10N2O4/c1-7-6-8(2-3-9(7)12(16)17)18-11-10(15)13-4-5-14-11/h2-6H,1H3,(H,13,15)(H,16,17). The van der Waals surface area contributed by atoms with Gasteiger partial charge in [0.1, 0.15) is 5.75 Å². The van der Waals surface area contributed by atoms with Crippen LogP contribution in [0, 0.1) is 6.92 Å². The molecule has 1 aromatic heterocycles. The van der Waals surface area contributed by atoms with Gasteiger partial charge in [-0.3, -0.25) is 4.79 Å². The number of aromatic amines is 1. The minimum absolute atomic E-state index is 0.0834. The molecule has 0 saturated carbocycles. The van der Waals surface area contributed by atoms with Gasteiger partial charge in [0.2, 0.25) is 0 Å². The topological polar surface area (TPSA) is 92.3 Å². The van der Waals surface area contributed by atoms with Crippen molar-refractivity contribution in [3.05, 3.63) is 52.1 Å². The van der Waals surface area contributed by atoms with Crippen molar-refractivity contribution in [2.24, 2.45) is 0 Å². The van der Waals surface area contributed by atoms with Crippen LogP contribution in [0.25, 0.3) is 0 Å². The fourth-order valence-electron chi connectivity index (χ4n) is 1.46. The van der Waals surface area contributed by atoms with Gasteiger partial charge in [0.15, 0.2) is 0 Å². The summed E-state index contributed by atoms with van der Waals surface area (Å²) in [6, 6.07) is 4.44. The largest absolute Gasteiger partial charge is 0.478 e. The number of carboxylic acids is 1. The second-order valence-electron chi connectivity index (χ2n) is 3.61. The highest BCUT2D eigenvalue weighted by Gasteiger charge is 2.09. The van der Waals surface area contributed by atoms with Gasteiger partial charge in [0.25, 0.3) is 5.88 Å². The van der Waals surface area contributed by atoms with Gasteiger partial charge >= 0.3 is 11.5 Å². The Balaban J connectivity index is 2.31. The van der Waals surface area contributed by atoms with Gasteiger partial charge in [-0.15, -0.1) is 0 Å².